The highest BCUT2D eigenvalue weighted by Crippen LogP contribution is 2.35. The van der Waals surface area contributed by atoms with Gasteiger partial charge in [0.2, 0.25) is 0 Å². The molecule has 0 bridgehead atoms. The quantitative estimate of drug-likeness (QED) is 0.515. The van der Waals surface area contributed by atoms with E-state index in [2.05, 4.69) is 95.4 Å². The average Bonchev–Trinajstić information content (AvgIpc) is 2.31. The molecule has 17 heavy (non-hydrogen) atoms. The molecule has 0 spiro atoms. The van der Waals surface area contributed by atoms with E-state index >= 15 is 0 Å². The predicted octanol–water partition coefficient (Wildman–Crippen LogP) is 5.66. The van der Waals surface area contributed by atoms with Gasteiger partial charge in [-0.3, -0.25) is 0 Å². The molecule has 0 aliphatic carbocycles. The number of rotatable bonds is 2. The van der Waals surface area contributed by atoms with Crippen molar-refractivity contribution in [2.24, 2.45) is 0 Å². The molecule has 0 N–H and O–H groups in total. The van der Waals surface area contributed by atoms with Crippen molar-refractivity contribution >= 4 is 56.9 Å². The summed E-state index contributed by atoms with van der Waals surface area (Å²) in [6.07, 6.45) is 0. The topological polar surface area (TPSA) is 0 Å². The van der Waals surface area contributed by atoms with Gasteiger partial charge in [0.15, 0.2) is 0 Å². The highest BCUT2D eigenvalue weighted by atomic mass is 127. The lowest BCUT2D eigenvalue weighted by atomic mass is 10.2. The minimum Gasteiger partial charge on any atom is -0.0895 e. The van der Waals surface area contributed by atoms with Crippen LogP contribution >= 0.6 is 56.9 Å². The Morgan fingerprint density at radius 1 is 0.765 bits per heavy atom. The molecule has 0 radical (unpaired) electrons. The van der Waals surface area contributed by atoms with Crippen molar-refractivity contribution in [2.75, 3.05) is 0 Å². The van der Waals surface area contributed by atoms with E-state index in [0.29, 0.717) is 0 Å². The van der Waals surface area contributed by atoms with E-state index in [-0.39, 0.29) is 0 Å². The highest BCUT2D eigenvalue weighted by molar-refractivity contribution is 14.1. The Morgan fingerprint density at radius 2 is 1.18 bits per heavy atom. The molecular formula is C14H12I2S. The molecule has 0 heterocycles. The molecule has 2 aromatic carbocycles. The lowest BCUT2D eigenvalue weighted by molar-refractivity contribution is 1.24. The molecule has 0 amide bonds. The third kappa shape index (κ3) is 3.17. The third-order valence-corrected chi connectivity index (χ3v) is 6.32. The molecular weight excluding hydrogens is 454 g/mol. The van der Waals surface area contributed by atoms with Gasteiger partial charge in [0.05, 0.1) is 0 Å². The van der Waals surface area contributed by atoms with E-state index in [1.54, 1.807) is 0 Å². The largest absolute Gasteiger partial charge is 0.0895 e. The van der Waals surface area contributed by atoms with Crippen molar-refractivity contribution in [2.45, 2.75) is 23.6 Å². The van der Waals surface area contributed by atoms with Crippen molar-refractivity contribution in [3.63, 3.8) is 0 Å². The number of hydrogen-bond acceptors (Lipinski definition) is 1. The Morgan fingerprint density at radius 3 is 1.59 bits per heavy atom. The van der Waals surface area contributed by atoms with Gasteiger partial charge in [-0.05, 0) is 94.4 Å². The van der Waals surface area contributed by atoms with Crippen LogP contribution in [0, 0.1) is 21.0 Å². The molecule has 0 unspecified atom stereocenters. The Hall–Kier alpha value is 0.250. The molecule has 88 valence electrons. The summed E-state index contributed by atoms with van der Waals surface area (Å²) in [4.78, 5) is 2.70. The van der Waals surface area contributed by atoms with Crippen LogP contribution in [0.3, 0.4) is 0 Å². The fraction of sp³-hybridized carbons (Fsp3) is 0.143. The van der Waals surface area contributed by atoms with E-state index in [9.17, 15) is 0 Å². The molecule has 0 atom stereocenters. The lowest BCUT2D eigenvalue weighted by Gasteiger charge is -2.10. The first-order valence-corrected chi connectivity index (χ1v) is 8.25. The van der Waals surface area contributed by atoms with Crippen LogP contribution in [0.1, 0.15) is 11.1 Å². The zero-order chi connectivity index (χ0) is 12.4. The molecule has 3 heteroatoms. The summed E-state index contributed by atoms with van der Waals surface area (Å²) >= 11 is 6.65. The van der Waals surface area contributed by atoms with Gasteiger partial charge < -0.3 is 0 Å². The molecule has 0 aliphatic heterocycles. The van der Waals surface area contributed by atoms with Crippen molar-refractivity contribution in [1.29, 1.82) is 0 Å². The van der Waals surface area contributed by atoms with Crippen LogP contribution in [0.25, 0.3) is 0 Å². The zero-order valence-electron chi connectivity index (χ0n) is 9.63. The van der Waals surface area contributed by atoms with Crippen molar-refractivity contribution in [3.8, 4) is 0 Å². The van der Waals surface area contributed by atoms with Crippen LogP contribution in [0.15, 0.2) is 46.2 Å². The van der Waals surface area contributed by atoms with E-state index < -0.39 is 0 Å². The van der Waals surface area contributed by atoms with Crippen molar-refractivity contribution in [3.05, 3.63) is 54.7 Å². The van der Waals surface area contributed by atoms with Crippen LogP contribution in [0.2, 0.25) is 0 Å². The van der Waals surface area contributed by atoms with Crippen LogP contribution < -0.4 is 0 Å². The fourth-order valence-corrected chi connectivity index (χ4v) is 3.93. The summed E-state index contributed by atoms with van der Waals surface area (Å²) in [5.74, 6) is 0. The monoisotopic (exact) mass is 466 g/mol. The summed E-state index contributed by atoms with van der Waals surface area (Å²) in [6, 6.07) is 13.0. The first-order chi connectivity index (χ1) is 8.09. The van der Waals surface area contributed by atoms with Gasteiger partial charge in [-0.15, -0.1) is 0 Å². The molecule has 0 nitrogen and oxygen atoms in total. The summed E-state index contributed by atoms with van der Waals surface area (Å²) in [5.41, 5.74) is 2.74. The second-order valence-corrected chi connectivity index (χ2v) is 7.24. The van der Waals surface area contributed by atoms with Crippen LogP contribution in [-0.2, 0) is 0 Å². The Bertz CT molecular complexity index is 500. The zero-order valence-corrected chi connectivity index (χ0v) is 14.8. The normalized spacial score (nSPS) is 10.6. The van der Waals surface area contributed by atoms with Gasteiger partial charge in [0, 0.05) is 16.9 Å². The van der Waals surface area contributed by atoms with E-state index in [1.807, 2.05) is 11.8 Å². The number of benzene rings is 2. The molecule has 0 fully saturated rings. The van der Waals surface area contributed by atoms with Gasteiger partial charge in [-0.1, -0.05) is 23.9 Å². The Kier molecular flexibility index (Phi) is 4.77. The maximum atomic E-state index is 2.39. The second kappa shape index (κ2) is 5.93. The van der Waals surface area contributed by atoms with Crippen molar-refractivity contribution in [1.82, 2.24) is 0 Å². The van der Waals surface area contributed by atoms with E-state index in [1.165, 1.54) is 28.1 Å². The molecule has 0 aromatic heterocycles. The first kappa shape index (κ1) is 13.7. The molecule has 0 aliphatic rings. The predicted molar refractivity (Wildman–Crippen MR) is 91.9 cm³/mol. The molecule has 0 saturated heterocycles. The molecule has 2 aromatic rings. The maximum Gasteiger partial charge on any atom is 0.0170 e. The molecule has 0 saturated carbocycles. The maximum absolute atomic E-state index is 2.39. The van der Waals surface area contributed by atoms with Crippen molar-refractivity contribution < 1.29 is 0 Å². The minimum absolute atomic E-state index is 1.33. The average molecular weight is 466 g/mol. The summed E-state index contributed by atoms with van der Waals surface area (Å²) in [5, 5.41) is 0. The first-order valence-electron chi connectivity index (χ1n) is 5.27. The lowest BCUT2D eigenvalue weighted by Crippen LogP contribution is -1.87. The Labute approximate surface area is 134 Å². The summed E-state index contributed by atoms with van der Waals surface area (Å²) < 4.78 is 2.66. The van der Waals surface area contributed by atoms with Crippen LogP contribution in [-0.4, -0.2) is 0 Å². The Balaban J connectivity index is 2.38. The van der Waals surface area contributed by atoms with Gasteiger partial charge in [-0.25, -0.2) is 0 Å². The fourth-order valence-electron chi connectivity index (χ4n) is 1.51. The third-order valence-electron chi connectivity index (χ3n) is 2.66. The van der Waals surface area contributed by atoms with Gasteiger partial charge in [-0.2, -0.15) is 0 Å². The highest BCUT2D eigenvalue weighted by Gasteiger charge is 2.07. The van der Waals surface area contributed by atoms with Crippen LogP contribution in [0.4, 0.5) is 0 Å². The molecule has 2 rings (SSSR count). The van der Waals surface area contributed by atoms with Gasteiger partial charge in [0.1, 0.15) is 0 Å². The second-order valence-electron chi connectivity index (χ2n) is 3.83. The minimum atomic E-state index is 1.33. The smallest absolute Gasteiger partial charge is 0.0170 e. The number of halogens is 2. The standard InChI is InChI=1S/C14H12I2S/c1-9-11(15)5-3-7-13(9)17-14-8-4-6-12(16)10(14)2/h3-8H,1-2H3. The van der Waals surface area contributed by atoms with Crippen LogP contribution in [0.5, 0.6) is 0 Å². The SMILES string of the molecule is Cc1c(I)cccc1Sc1cccc(I)c1C. The van der Waals surface area contributed by atoms with E-state index in [4.69, 9.17) is 0 Å². The van der Waals surface area contributed by atoms with Gasteiger partial charge in [0.25, 0.3) is 0 Å². The number of hydrogen-bond donors (Lipinski definition) is 0. The summed E-state index contributed by atoms with van der Waals surface area (Å²) in [6.45, 7) is 4.38. The van der Waals surface area contributed by atoms with Gasteiger partial charge >= 0.3 is 0 Å². The summed E-state index contributed by atoms with van der Waals surface area (Å²) in [7, 11) is 0. The van der Waals surface area contributed by atoms with E-state index in [0.717, 1.165) is 0 Å².